The number of anilines is 1. The predicted octanol–water partition coefficient (Wildman–Crippen LogP) is 5.24. The molecule has 0 saturated carbocycles. The number of rotatable bonds is 5. The number of hydrogen-bond acceptors (Lipinski definition) is 4. The Kier molecular flexibility index (Phi) is 5.42. The highest BCUT2D eigenvalue weighted by molar-refractivity contribution is 9.10. The van der Waals surface area contributed by atoms with Crippen LogP contribution in [0.5, 0.6) is 11.6 Å². The van der Waals surface area contributed by atoms with Crippen molar-refractivity contribution < 1.29 is 4.74 Å². The largest absolute Gasteiger partial charge is 0.437 e. The molecule has 0 spiro atoms. The fourth-order valence-corrected chi connectivity index (χ4v) is 2.72. The van der Waals surface area contributed by atoms with Gasteiger partial charge in [-0.3, -0.25) is 0 Å². The van der Waals surface area contributed by atoms with Crippen LogP contribution in [0.3, 0.4) is 0 Å². The molecule has 21 heavy (non-hydrogen) atoms. The lowest BCUT2D eigenvalue weighted by Gasteiger charge is -2.17. The fraction of sp³-hybridized carbons (Fsp3) is 0.333. The highest BCUT2D eigenvalue weighted by Crippen LogP contribution is 2.36. The van der Waals surface area contributed by atoms with E-state index in [-0.39, 0.29) is 5.92 Å². The summed E-state index contributed by atoms with van der Waals surface area (Å²) in [5.41, 5.74) is 0.959. The van der Waals surface area contributed by atoms with Crippen molar-refractivity contribution in [1.29, 1.82) is 0 Å². The SMILES string of the molecule is CCNc1ncnc(Oc2ccc(Cl)cc2Br)c1C(C)C. The molecular weight excluding hydrogens is 354 g/mol. The molecule has 0 fully saturated rings. The quantitative estimate of drug-likeness (QED) is 0.782. The molecule has 6 heteroatoms. The van der Waals surface area contributed by atoms with E-state index in [2.05, 4.69) is 45.1 Å². The summed E-state index contributed by atoms with van der Waals surface area (Å²) in [4.78, 5) is 8.57. The van der Waals surface area contributed by atoms with E-state index in [4.69, 9.17) is 16.3 Å². The van der Waals surface area contributed by atoms with Gasteiger partial charge in [-0.1, -0.05) is 25.4 Å². The zero-order valence-electron chi connectivity index (χ0n) is 12.2. The number of hydrogen-bond donors (Lipinski definition) is 1. The summed E-state index contributed by atoms with van der Waals surface area (Å²) < 4.78 is 6.73. The molecule has 0 bridgehead atoms. The van der Waals surface area contributed by atoms with Gasteiger partial charge in [0.25, 0.3) is 0 Å². The van der Waals surface area contributed by atoms with Crippen LogP contribution in [0, 0.1) is 0 Å². The first-order chi connectivity index (χ1) is 10.0. The van der Waals surface area contributed by atoms with Gasteiger partial charge in [-0.25, -0.2) is 9.97 Å². The zero-order chi connectivity index (χ0) is 15.4. The fourth-order valence-electron chi connectivity index (χ4n) is 1.95. The van der Waals surface area contributed by atoms with E-state index in [1.54, 1.807) is 12.1 Å². The summed E-state index contributed by atoms with van der Waals surface area (Å²) in [5.74, 6) is 2.27. The topological polar surface area (TPSA) is 47.0 Å². The van der Waals surface area contributed by atoms with Crippen LogP contribution in [0.1, 0.15) is 32.3 Å². The van der Waals surface area contributed by atoms with Crippen molar-refractivity contribution in [1.82, 2.24) is 9.97 Å². The van der Waals surface area contributed by atoms with Gasteiger partial charge < -0.3 is 10.1 Å². The molecule has 0 aliphatic rings. The van der Waals surface area contributed by atoms with Crippen molar-refractivity contribution in [2.45, 2.75) is 26.7 Å². The molecule has 2 aromatic rings. The molecule has 4 nitrogen and oxygen atoms in total. The highest BCUT2D eigenvalue weighted by atomic mass is 79.9. The first-order valence-electron chi connectivity index (χ1n) is 6.74. The van der Waals surface area contributed by atoms with Crippen molar-refractivity contribution >= 4 is 33.3 Å². The van der Waals surface area contributed by atoms with Gasteiger partial charge >= 0.3 is 0 Å². The summed E-state index contributed by atoms with van der Waals surface area (Å²) in [6.45, 7) is 7.00. The second kappa shape index (κ2) is 7.09. The van der Waals surface area contributed by atoms with Gasteiger partial charge in [0.15, 0.2) is 0 Å². The van der Waals surface area contributed by atoms with Crippen molar-refractivity contribution in [3.05, 3.63) is 39.6 Å². The lowest BCUT2D eigenvalue weighted by atomic mass is 10.1. The molecule has 0 radical (unpaired) electrons. The van der Waals surface area contributed by atoms with Crippen LogP contribution >= 0.6 is 27.5 Å². The van der Waals surface area contributed by atoms with Gasteiger partial charge in [0, 0.05) is 11.6 Å². The van der Waals surface area contributed by atoms with Crippen LogP contribution in [0.15, 0.2) is 29.0 Å². The second-order valence-electron chi connectivity index (χ2n) is 4.80. The minimum Gasteiger partial charge on any atom is -0.437 e. The number of nitrogens with zero attached hydrogens (tertiary/aromatic N) is 2. The number of nitrogens with one attached hydrogen (secondary N) is 1. The van der Waals surface area contributed by atoms with Gasteiger partial charge in [0.05, 0.1) is 10.0 Å². The lowest BCUT2D eigenvalue weighted by Crippen LogP contribution is -2.07. The first kappa shape index (κ1) is 16.0. The Hall–Kier alpha value is -1.33. The van der Waals surface area contributed by atoms with E-state index < -0.39 is 0 Å². The predicted molar refractivity (Wildman–Crippen MR) is 89.5 cm³/mol. The zero-order valence-corrected chi connectivity index (χ0v) is 14.5. The molecule has 2 rings (SSSR count). The molecule has 1 N–H and O–H groups in total. The van der Waals surface area contributed by atoms with Crippen molar-refractivity contribution in [3.63, 3.8) is 0 Å². The van der Waals surface area contributed by atoms with Gasteiger partial charge in [0.1, 0.15) is 17.9 Å². The Morgan fingerprint density at radius 2 is 2.10 bits per heavy atom. The van der Waals surface area contributed by atoms with E-state index >= 15 is 0 Å². The van der Waals surface area contributed by atoms with E-state index in [9.17, 15) is 0 Å². The minimum atomic E-state index is 0.237. The van der Waals surface area contributed by atoms with E-state index in [0.29, 0.717) is 16.7 Å². The number of halogens is 2. The van der Waals surface area contributed by atoms with E-state index in [0.717, 1.165) is 22.4 Å². The Bertz CT molecular complexity index is 634. The maximum atomic E-state index is 5.95. The van der Waals surface area contributed by atoms with Crippen LogP contribution in [-0.2, 0) is 0 Å². The smallest absolute Gasteiger partial charge is 0.227 e. The summed E-state index contributed by atoms with van der Waals surface area (Å²) in [5, 5.41) is 3.89. The van der Waals surface area contributed by atoms with Crippen LogP contribution in [-0.4, -0.2) is 16.5 Å². The molecule has 0 atom stereocenters. The van der Waals surface area contributed by atoms with Crippen molar-refractivity contribution in [2.24, 2.45) is 0 Å². The number of benzene rings is 1. The molecule has 1 aromatic heterocycles. The Labute approximate surface area is 138 Å². The number of aromatic nitrogens is 2. The van der Waals surface area contributed by atoms with E-state index in [1.165, 1.54) is 6.33 Å². The molecule has 0 saturated heterocycles. The third kappa shape index (κ3) is 3.86. The van der Waals surface area contributed by atoms with Gasteiger partial charge in [0.2, 0.25) is 5.88 Å². The third-order valence-electron chi connectivity index (χ3n) is 2.87. The minimum absolute atomic E-state index is 0.237. The summed E-state index contributed by atoms with van der Waals surface area (Å²) in [6, 6.07) is 5.38. The van der Waals surface area contributed by atoms with Crippen LogP contribution < -0.4 is 10.1 Å². The van der Waals surface area contributed by atoms with Gasteiger partial charge in [-0.15, -0.1) is 0 Å². The Balaban J connectivity index is 2.41. The molecule has 0 unspecified atom stereocenters. The maximum Gasteiger partial charge on any atom is 0.227 e. The molecule has 112 valence electrons. The molecule has 0 aliphatic heterocycles. The summed E-state index contributed by atoms with van der Waals surface area (Å²) in [7, 11) is 0. The highest BCUT2D eigenvalue weighted by Gasteiger charge is 2.17. The molecule has 1 heterocycles. The van der Waals surface area contributed by atoms with E-state index in [1.807, 2.05) is 13.0 Å². The van der Waals surface area contributed by atoms with Crippen LogP contribution in [0.25, 0.3) is 0 Å². The Morgan fingerprint density at radius 1 is 1.33 bits per heavy atom. The third-order valence-corrected chi connectivity index (χ3v) is 3.72. The summed E-state index contributed by atoms with van der Waals surface area (Å²) >= 11 is 9.39. The Morgan fingerprint density at radius 3 is 2.71 bits per heavy atom. The monoisotopic (exact) mass is 369 g/mol. The molecule has 1 aromatic carbocycles. The molecular formula is C15H17BrClN3O. The van der Waals surface area contributed by atoms with Crippen molar-refractivity contribution in [2.75, 3.05) is 11.9 Å². The second-order valence-corrected chi connectivity index (χ2v) is 6.09. The lowest BCUT2D eigenvalue weighted by molar-refractivity contribution is 0.449. The normalized spacial score (nSPS) is 10.8. The number of ether oxygens (including phenoxy) is 1. The van der Waals surface area contributed by atoms with Gasteiger partial charge in [-0.2, -0.15) is 0 Å². The van der Waals surface area contributed by atoms with Crippen LogP contribution in [0.4, 0.5) is 5.82 Å². The maximum absolute atomic E-state index is 5.95. The first-order valence-corrected chi connectivity index (χ1v) is 7.91. The molecule has 0 aliphatic carbocycles. The van der Waals surface area contributed by atoms with Crippen LogP contribution in [0.2, 0.25) is 5.02 Å². The average molecular weight is 371 g/mol. The van der Waals surface area contributed by atoms with Gasteiger partial charge in [-0.05, 0) is 47.0 Å². The average Bonchev–Trinajstić information content (AvgIpc) is 2.42. The van der Waals surface area contributed by atoms with Crippen molar-refractivity contribution in [3.8, 4) is 11.6 Å². The molecule has 0 amide bonds. The summed E-state index contributed by atoms with van der Waals surface area (Å²) in [6.07, 6.45) is 1.50. The standard InChI is InChI=1S/C15H17BrClN3O/c1-4-18-14-13(9(2)3)15(20-8-19-14)21-12-6-5-10(17)7-11(12)16/h5-9H,4H2,1-3H3,(H,18,19,20).